The molecule has 138 valence electrons. The Morgan fingerprint density at radius 1 is 1.31 bits per heavy atom. The maximum absolute atomic E-state index is 12.7. The van der Waals surface area contributed by atoms with Gasteiger partial charge in [0.1, 0.15) is 5.65 Å². The Kier molecular flexibility index (Phi) is 3.38. The van der Waals surface area contributed by atoms with E-state index in [2.05, 4.69) is 15.3 Å². The number of hydrogen-bond donors (Lipinski definition) is 3. The Morgan fingerprint density at radius 3 is 2.69 bits per heavy atom. The number of carbonyl (C=O) groups excluding carboxylic acids is 1. The number of nitrogens with one attached hydrogen (secondary N) is 2. The number of fused-ring (bicyclic) bond motifs is 1. The second kappa shape index (κ2) is 5.46. The van der Waals surface area contributed by atoms with Crippen LogP contribution < -0.4 is 5.32 Å². The fourth-order valence-corrected chi connectivity index (χ4v) is 5.95. The highest BCUT2D eigenvalue weighted by Crippen LogP contribution is 2.56. The molecule has 0 aliphatic heterocycles. The third kappa shape index (κ3) is 2.35. The first-order valence-electron chi connectivity index (χ1n) is 9.60. The maximum atomic E-state index is 12.7. The van der Waals surface area contributed by atoms with Gasteiger partial charge in [0, 0.05) is 37.9 Å². The maximum Gasteiger partial charge on any atom is 0.257 e. The number of carbonyl (C=O) groups is 1. The Morgan fingerprint density at radius 2 is 2.04 bits per heavy atom. The van der Waals surface area contributed by atoms with E-state index in [1.807, 2.05) is 12.3 Å². The van der Waals surface area contributed by atoms with E-state index < -0.39 is 5.60 Å². The SMILES string of the molecule is CN(C)C(=O)c1cnc2[nH]ccc2c1NC1[C@@H]2CC3C[C@H]1CC(O)(C3)C2. The monoisotopic (exact) mass is 354 g/mol. The second-order valence-corrected chi connectivity index (χ2v) is 8.85. The van der Waals surface area contributed by atoms with Gasteiger partial charge in [-0.3, -0.25) is 4.79 Å². The molecule has 2 aromatic heterocycles. The predicted octanol–water partition coefficient (Wildman–Crippen LogP) is 2.62. The fraction of sp³-hybridized carbons (Fsp3) is 0.600. The van der Waals surface area contributed by atoms with Crippen molar-refractivity contribution in [3.8, 4) is 0 Å². The minimum atomic E-state index is -0.446. The van der Waals surface area contributed by atoms with E-state index in [4.69, 9.17) is 0 Å². The summed E-state index contributed by atoms with van der Waals surface area (Å²) in [5.41, 5.74) is 1.86. The first-order valence-corrected chi connectivity index (χ1v) is 9.60. The zero-order chi connectivity index (χ0) is 18.1. The zero-order valence-corrected chi connectivity index (χ0v) is 15.3. The molecule has 0 saturated heterocycles. The van der Waals surface area contributed by atoms with E-state index in [0.717, 1.165) is 36.0 Å². The summed E-state index contributed by atoms with van der Waals surface area (Å²) < 4.78 is 0. The highest BCUT2D eigenvalue weighted by Gasteiger charge is 2.54. The van der Waals surface area contributed by atoms with Crippen molar-refractivity contribution in [1.82, 2.24) is 14.9 Å². The van der Waals surface area contributed by atoms with Gasteiger partial charge in [0.2, 0.25) is 0 Å². The molecule has 3 N–H and O–H groups in total. The molecule has 4 fully saturated rings. The summed E-state index contributed by atoms with van der Waals surface area (Å²) in [6, 6.07) is 2.31. The van der Waals surface area contributed by atoms with Crippen molar-refractivity contribution in [2.75, 3.05) is 19.4 Å². The molecule has 0 radical (unpaired) electrons. The van der Waals surface area contributed by atoms with E-state index in [0.29, 0.717) is 29.4 Å². The van der Waals surface area contributed by atoms with Crippen molar-refractivity contribution in [1.29, 1.82) is 0 Å². The minimum absolute atomic E-state index is 0.0365. The summed E-state index contributed by atoms with van der Waals surface area (Å²) in [6.45, 7) is 0. The molecular weight excluding hydrogens is 328 g/mol. The molecule has 4 bridgehead atoms. The molecule has 0 spiro atoms. The topological polar surface area (TPSA) is 81.2 Å². The number of nitrogens with zero attached hydrogens (tertiary/aromatic N) is 2. The number of pyridine rings is 1. The quantitative estimate of drug-likeness (QED) is 0.791. The van der Waals surface area contributed by atoms with Crippen LogP contribution in [0.1, 0.15) is 42.5 Å². The standard InChI is InChI=1S/C20H26N4O2/c1-24(2)19(25)15-10-22-18-14(3-4-21-18)17(15)23-16-12-5-11-6-13(16)9-20(26,7-11)8-12/h3-4,10-13,16,26H,5-9H2,1-2H3,(H2,21,22,23)/t11?,12-,13+,16?,20?. The second-order valence-electron chi connectivity index (χ2n) is 8.85. The average molecular weight is 354 g/mol. The molecule has 2 heterocycles. The van der Waals surface area contributed by atoms with Gasteiger partial charge >= 0.3 is 0 Å². The lowest BCUT2D eigenvalue weighted by molar-refractivity contribution is -0.129. The van der Waals surface area contributed by atoms with Gasteiger partial charge in [-0.05, 0) is 55.9 Å². The number of aliphatic hydroxyl groups is 1. The summed E-state index contributed by atoms with van der Waals surface area (Å²) in [6.07, 6.45) is 8.67. The van der Waals surface area contributed by atoms with Crippen molar-refractivity contribution in [2.24, 2.45) is 17.8 Å². The fourth-order valence-electron chi connectivity index (χ4n) is 5.95. The van der Waals surface area contributed by atoms with Crippen molar-refractivity contribution in [3.63, 3.8) is 0 Å². The summed E-state index contributed by atoms with van der Waals surface area (Å²) >= 11 is 0. The van der Waals surface area contributed by atoms with Crippen LogP contribution in [0.15, 0.2) is 18.5 Å². The predicted molar refractivity (Wildman–Crippen MR) is 100 cm³/mol. The highest BCUT2D eigenvalue weighted by molar-refractivity contribution is 6.06. The number of H-pyrrole nitrogens is 1. The van der Waals surface area contributed by atoms with E-state index in [1.165, 1.54) is 12.8 Å². The van der Waals surface area contributed by atoms with Gasteiger partial charge in [0.15, 0.2) is 0 Å². The first kappa shape index (κ1) is 16.1. The van der Waals surface area contributed by atoms with Gasteiger partial charge in [0.25, 0.3) is 5.91 Å². The Labute approximate surface area is 153 Å². The van der Waals surface area contributed by atoms with Gasteiger partial charge in [-0.2, -0.15) is 0 Å². The zero-order valence-electron chi connectivity index (χ0n) is 15.3. The Balaban J connectivity index is 1.54. The molecule has 4 saturated carbocycles. The van der Waals surface area contributed by atoms with Crippen molar-refractivity contribution in [3.05, 3.63) is 24.0 Å². The Bertz CT molecular complexity index is 858. The molecule has 4 aliphatic rings. The number of amides is 1. The first-order chi connectivity index (χ1) is 12.4. The van der Waals surface area contributed by atoms with Crippen LogP contribution in [0.3, 0.4) is 0 Å². The van der Waals surface area contributed by atoms with Crippen LogP contribution in [0.4, 0.5) is 5.69 Å². The van der Waals surface area contributed by atoms with Crippen molar-refractivity contribution in [2.45, 2.75) is 43.7 Å². The lowest BCUT2D eigenvalue weighted by Gasteiger charge is -2.58. The van der Waals surface area contributed by atoms with Crippen LogP contribution in [0, 0.1) is 17.8 Å². The number of anilines is 1. The van der Waals surface area contributed by atoms with Crippen LogP contribution in [0.2, 0.25) is 0 Å². The largest absolute Gasteiger partial charge is 0.390 e. The van der Waals surface area contributed by atoms with Gasteiger partial charge in [-0.15, -0.1) is 0 Å². The lowest BCUT2D eigenvalue weighted by Crippen LogP contribution is -2.59. The van der Waals surface area contributed by atoms with Crippen LogP contribution >= 0.6 is 0 Å². The lowest BCUT2D eigenvalue weighted by atomic mass is 9.52. The third-order valence-corrected chi connectivity index (χ3v) is 6.78. The summed E-state index contributed by atoms with van der Waals surface area (Å²) in [5, 5.41) is 15.6. The van der Waals surface area contributed by atoms with E-state index in [9.17, 15) is 9.90 Å². The molecule has 4 aliphatic carbocycles. The average Bonchev–Trinajstić information content (AvgIpc) is 3.04. The number of hydrogen-bond acceptors (Lipinski definition) is 4. The highest BCUT2D eigenvalue weighted by atomic mass is 16.3. The van der Waals surface area contributed by atoms with Gasteiger partial charge in [-0.1, -0.05) is 0 Å². The molecule has 3 unspecified atom stereocenters. The van der Waals surface area contributed by atoms with Crippen LogP contribution in [0.5, 0.6) is 0 Å². The van der Waals surface area contributed by atoms with Crippen LogP contribution in [-0.2, 0) is 0 Å². The van der Waals surface area contributed by atoms with Gasteiger partial charge < -0.3 is 20.3 Å². The van der Waals surface area contributed by atoms with E-state index in [1.54, 1.807) is 25.2 Å². The van der Waals surface area contributed by atoms with E-state index >= 15 is 0 Å². The molecule has 6 rings (SSSR count). The molecule has 0 aromatic carbocycles. The van der Waals surface area contributed by atoms with Gasteiger partial charge in [0.05, 0.1) is 16.9 Å². The minimum Gasteiger partial charge on any atom is -0.390 e. The normalized spacial score (nSPS) is 35.0. The molecule has 6 nitrogen and oxygen atoms in total. The van der Waals surface area contributed by atoms with Crippen molar-refractivity contribution < 1.29 is 9.90 Å². The summed E-state index contributed by atoms with van der Waals surface area (Å²) in [7, 11) is 3.54. The van der Waals surface area contributed by atoms with Crippen LogP contribution in [0.25, 0.3) is 11.0 Å². The smallest absolute Gasteiger partial charge is 0.257 e. The number of aromatic amines is 1. The molecule has 1 amide bonds. The third-order valence-electron chi connectivity index (χ3n) is 6.78. The summed E-state index contributed by atoms with van der Waals surface area (Å²) in [5.74, 6) is 1.60. The molecule has 6 heteroatoms. The molecule has 2 aromatic rings. The van der Waals surface area contributed by atoms with Crippen molar-refractivity contribution >= 4 is 22.6 Å². The molecule has 5 atom stereocenters. The number of aromatic nitrogens is 2. The van der Waals surface area contributed by atoms with Crippen LogP contribution in [-0.4, -0.2) is 51.6 Å². The van der Waals surface area contributed by atoms with Gasteiger partial charge in [-0.25, -0.2) is 4.98 Å². The summed E-state index contributed by atoms with van der Waals surface area (Å²) in [4.78, 5) is 21.9. The molecule has 26 heavy (non-hydrogen) atoms. The molecular formula is C20H26N4O2. The number of rotatable bonds is 3. The van der Waals surface area contributed by atoms with E-state index in [-0.39, 0.29) is 5.91 Å². The Hall–Kier alpha value is -2.08.